The summed E-state index contributed by atoms with van der Waals surface area (Å²) in [6, 6.07) is 4.62. The minimum atomic E-state index is -0.422. The number of imidazole rings is 1. The van der Waals surface area contributed by atoms with Crippen molar-refractivity contribution in [1.82, 2.24) is 9.55 Å². The van der Waals surface area contributed by atoms with Crippen molar-refractivity contribution in [3.8, 4) is 0 Å². The molecule has 2 rings (SSSR count). The van der Waals surface area contributed by atoms with Crippen LogP contribution in [0, 0.1) is 5.82 Å². The maximum atomic E-state index is 13.5. The first-order chi connectivity index (χ1) is 8.63. The Morgan fingerprint density at radius 1 is 1.56 bits per heavy atom. The molecule has 0 fully saturated rings. The van der Waals surface area contributed by atoms with Crippen molar-refractivity contribution in [3.63, 3.8) is 0 Å². The van der Waals surface area contributed by atoms with Crippen molar-refractivity contribution in [1.29, 1.82) is 0 Å². The smallest absolute Gasteiger partial charge is 0.307 e. The van der Waals surface area contributed by atoms with Crippen LogP contribution in [0.4, 0.5) is 10.3 Å². The number of hydrogen-bond donors (Lipinski definition) is 1. The molecule has 5 nitrogen and oxygen atoms in total. The predicted molar refractivity (Wildman–Crippen MR) is 65.4 cm³/mol. The molecule has 1 aromatic carbocycles. The van der Waals surface area contributed by atoms with Crippen LogP contribution >= 0.6 is 0 Å². The highest BCUT2D eigenvalue weighted by atomic mass is 19.1. The van der Waals surface area contributed by atoms with E-state index in [-0.39, 0.29) is 23.9 Å². The minimum Gasteiger partial charge on any atom is -0.466 e. The Bertz CT molecular complexity index is 580. The molecule has 0 bridgehead atoms. The molecular weight excluding hydrogens is 237 g/mol. The number of hydrogen-bond acceptors (Lipinski definition) is 4. The first kappa shape index (κ1) is 12.3. The van der Waals surface area contributed by atoms with Gasteiger partial charge in [-0.1, -0.05) is 6.07 Å². The standard InChI is InChI=1S/C12H14FN3O2/c1-2-18-10(17)6-7-16-9-5-3-4-8(13)11(9)15-12(16)14/h3-5H,2,6-7H2,1H3,(H2,14,15). The zero-order chi connectivity index (χ0) is 13.1. The molecule has 1 aromatic heterocycles. The summed E-state index contributed by atoms with van der Waals surface area (Å²) < 4.78 is 19.9. The molecule has 0 spiro atoms. The minimum absolute atomic E-state index is 0.181. The van der Waals surface area contributed by atoms with E-state index in [0.29, 0.717) is 18.7 Å². The molecule has 2 aromatic rings. The van der Waals surface area contributed by atoms with Gasteiger partial charge >= 0.3 is 5.97 Å². The van der Waals surface area contributed by atoms with Crippen LogP contribution in [-0.4, -0.2) is 22.1 Å². The van der Waals surface area contributed by atoms with Crippen LogP contribution in [0.15, 0.2) is 18.2 Å². The van der Waals surface area contributed by atoms with Crippen molar-refractivity contribution in [3.05, 3.63) is 24.0 Å². The maximum absolute atomic E-state index is 13.5. The molecule has 0 saturated carbocycles. The lowest BCUT2D eigenvalue weighted by Crippen LogP contribution is -2.10. The van der Waals surface area contributed by atoms with Crippen LogP contribution in [0.3, 0.4) is 0 Å². The highest BCUT2D eigenvalue weighted by Gasteiger charge is 2.12. The van der Waals surface area contributed by atoms with Gasteiger partial charge < -0.3 is 15.0 Å². The summed E-state index contributed by atoms with van der Waals surface area (Å²) in [7, 11) is 0. The highest BCUT2D eigenvalue weighted by Crippen LogP contribution is 2.20. The second kappa shape index (κ2) is 5.03. The van der Waals surface area contributed by atoms with E-state index in [1.165, 1.54) is 6.07 Å². The van der Waals surface area contributed by atoms with Crippen molar-refractivity contribution >= 4 is 23.0 Å². The number of ether oxygens (including phenoxy) is 1. The average Bonchev–Trinajstić information content (AvgIpc) is 2.65. The van der Waals surface area contributed by atoms with Crippen molar-refractivity contribution < 1.29 is 13.9 Å². The Kier molecular flexibility index (Phi) is 3.45. The summed E-state index contributed by atoms with van der Waals surface area (Å²) in [4.78, 5) is 15.2. The first-order valence-corrected chi connectivity index (χ1v) is 5.69. The molecular formula is C12H14FN3O2. The number of benzene rings is 1. The molecule has 0 amide bonds. The monoisotopic (exact) mass is 251 g/mol. The fourth-order valence-electron chi connectivity index (χ4n) is 1.80. The van der Waals surface area contributed by atoms with Crippen LogP contribution in [0.2, 0.25) is 0 Å². The summed E-state index contributed by atoms with van der Waals surface area (Å²) in [5.74, 6) is -0.538. The number of carbonyl (C=O) groups excluding carboxylic acids is 1. The topological polar surface area (TPSA) is 70.1 Å². The number of aryl methyl sites for hydroxylation is 1. The van der Waals surface area contributed by atoms with Crippen LogP contribution in [-0.2, 0) is 16.1 Å². The molecule has 0 aliphatic heterocycles. The zero-order valence-electron chi connectivity index (χ0n) is 10.0. The molecule has 6 heteroatoms. The predicted octanol–water partition coefficient (Wildman–Crippen LogP) is 1.71. The Morgan fingerprint density at radius 2 is 2.33 bits per heavy atom. The van der Waals surface area contributed by atoms with Gasteiger partial charge in [0.1, 0.15) is 5.52 Å². The van der Waals surface area contributed by atoms with E-state index < -0.39 is 5.82 Å². The van der Waals surface area contributed by atoms with E-state index in [4.69, 9.17) is 10.5 Å². The largest absolute Gasteiger partial charge is 0.466 e. The van der Waals surface area contributed by atoms with E-state index in [9.17, 15) is 9.18 Å². The van der Waals surface area contributed by atoms with E-state index in [0.717, 1.165) is 0 Å². The molecule has 0 radical (unpaired) electrons. The van der Waals surface area contributed by atoms with Crippen molar-refractivity contribution in [2.75, 3.05) is 12.3 Å². The number of fused-ring (bicyclic) bond motifs is 1. The van der Waals surface area contributed by atoms with E-state index in [2.05, 4.69) is 4.98 Å². The van der Waals surface area contributed by atoms with Gasteiger partial charge in [0.25, 0.3) is 0 Å². The van der Waals surface area contributed by atoms with Crippen LogP contribution in [0.5, 0.6) is 0 Å². The third-order valence-electron chi connectivity index (χ3n) is 2.60. The zero-order valence-corrected chi connectivity index (χ0v) is 10.0. The molecule has 0 aliphatic carbocycles. The molecule has 1 heterocycles. The number of aromatic nitrogens is 2. The molecule has 18 heavy (non-hydrogen) atoms. The fourth-order valence-corrected chi connectivity index (χ4v) is 1.80. The van der Waals surface area contributed by atoms with Gasteiger partial charge in [0.2, 0.25) is 5.95 Å². The van der Waals surface area contributed by atoms with Gasteiger partial charge in [-0.25, -0.2) is 9.37 Å². The number of rotatable bonds is 4. The molecule has 0 unspecified atom stereocenters. The molecule has 0 saturated heterocycles. The van der Waals surface area contributed by atoms with Crippen molar-refractivity contribution in [2.45, 2.75) is 19.9 Å². The summed E-state index contributed by atoms with van der Waals surface area (Å²) in [6.07, 6.45) is 0.181. The van der Waals surface area contributed by atoms with Crippen molar-refractivity contribution in [2.24, 2.45) is 0 Å². The Morgan fingerprint density at radius 3 is 3.06 bits per heavy atom. The summed E-state index contributed by atoms with van der Waals surface area (Å²) in [5, 5.41) is 0. The Labute approximate surface area is 103 Å². The van der Waals surface area contributed by atoms with Crippen LogP contribution in [0.25, 0.3) is 11.0 Å². The molecule has 0 aliphatic rings. The number of anilines is 1. The number of nitrogens with two attached hydrogens (primary N) is 1. The van der Waals surface area contributed by atoms with Gasteiger partial charge in [0.15, 0.2) is 5.82 Å². The second-order valence-corrected chi connectivity index (χ2v) is 3.78. The Hall–Kier alpha value is -2.11. The lowest BCUT2D eigenvalue weighted by molar-refractivity contribution is -0.143. The van der Waals surface area contributed by atoms with E-state index in [1.54, 1.807) is 23.6 Å². The van der Waals surface area contributed by atoms with Gasteiger partial charge in [-0.3, -0.25) is 4.79 Å². The quantitative estimate of drug-likeness (QED) is 0.840. The van der Waals surface area contributed by atoms with Gasteiger partial charge in [0, 0.05) is 6.54 Å². The van der Waals surface area contributed by atoms with Gasteiger partial charge in [-0.15, -0.1) is 0 Å². The average molecular weight is 251 g/mol. The van der Waals surface area contributed by atoms with Crippen LogP contribution < -0.4 is 5.73 Å². The highest BCUT2D eigenvalue weighted by molar-refractivity contribution is 5.79. The SMILES string of the molecule is CCOC(=O)CCn1c(N)nc2c(F)cccc21. The summed E-state index contributed by atoms with van der Waals surface area (Å²) in [6.45, 7) is 2.41. The molecule has 96 valence electrons. The number of carbonyl (C=O) groups is 1. The number of esters is 1. The van der Waals surface area contributed by atoms with E-state index >= 15 is 0 Å². The van der Waals surface area contributed by atoms with E-state index in [1.807, 2.05) is 0 Å². The lowest BCUT2D eigenvalue weighted by atomic mass is 10.3. The van der Waals surface area contributed by atoms with Gasteiger partial charge in [0.05, 0.1) is 18.5 Å². The maximum Gasteiger partial charge on any atom is 0.307 e. The number of para-hydroxylation sites is 1. The van der Waals surface area contributed by atoms with Crippen LogP contribution in [0.1, 0.15) is 13.3 Å². The molecule has 0 atom stereocenters. The number of nitrogens with zero attached hydrogens (tertiary/aromatic N) is 2. The molecule has 2 N–H and O–H groups in total. The van der Waals surface area contributed by atoms with Gasteiger partial charge in [-0.05, 0) is 19.1 Å². The normalized spacial score (nSPS) is 10.8. The Balaban J connectivity index is 2.25. The summed E-state index contributed by atoms with van der Waals surface area (Å²) >= 11 is 0. The third kappa shape index (κ3) is 2.27. The summed E-state index contributed by atoms with van der Waals surface area (Å²) in [5.41, 5.74) is 6.52. The second-order valence-electron chi connectivity index (χ2n) is 3.78. The number of halogens is 1. The first-order valence-electron chi connectivity index (χ1n) is 5.69. The fraction of sp³-hybridized carbons (Fsp3) is 0.333. The number of nitrogen functional groups attached to an aromatic ring is 1. The third-order valence-corrected chi connectivity index (χ3v) is 2.60. The lowest BCUT2D eigenvalue weighted by Gasteiger charge is -2.06. The van der Waals surface area contributed by atoms with Gasteiger partial charge in [-0.2, -0.15) is 0 Å².